The average Bonchev–Trinajstić information content (AvgIpc) is 2.44. The number of rotatable bonds is 5. The molecule has 0 heterocycles. The van der Waals surface area contributed by atoms with E-state index in [0.717, 1.165) is 23.0 Å². The van der Waals surface area contributed by atoms with E-state index in [2.05, 4.69) is 41.7 Å². The number of benzene rings is 1. The lowest BCUT2D eigenvalue weighted by Crippen LogP contribution is -2.38. The first-order chi connectivity index (χ1) is 9.87. The van der Waals surface area contributed by atoms with Crippen molar-refractivity contribution >= 4 is 15.9 Å². The molecule has 1 atom stereocenters. The first kappa shape index (κ1) is 17.0. The molecule has 0 aliphatic heterocycles. The summed E-state index contributed by atoms with van der Waals surface area (Å²) in [6.45, 7) is 5.71. The first-order valence-corrected chi connectivity index (χ1v) is 8.80. The number of halogens is 1. The van der Waals surface area contributed by atoms with Gasteiger partial charge in [0.1, 0.15) is 0 Å². The average molecular weight is 354 g/mol. The van der Waals surface area contributed by atoms with Gasteiger partial charge in [0.15, 0.2) is 0 Å². The fourth-order valence-corrected chi connectivity index (χ4v) is 3.63. The Morgan fingerprint density at radius 2 is 2.00 bits per heavy atom. The van der Waals surface area contributed by atoms with Crippen LogP contribution in [0.15, 0.2) is 28.7 Å². The third-order valence-corrected chi connectivity index (χ3v) is 5.41. The topological polar surface area (TPSA) is 23.5 Å². The number of hydrogen-bond acceptors (Lipinski definition) is 2. The van der Waals surface area contributed by atoms with Crippen molar-refractivity contribution in [2.24, 2.45) is 5.41 Å². The molecule has 1 aliphatic rings. The van der Waals surface area contributed by atoms with Gasteiger partial charge < -0.3 is 10.0 Å². The molecule has 1 fully saturated rings. The van der Waals surface area contributed by atoms with E-state index in [9.17, 15) is 5.11 Å². The molecule has 0 radical (unpaired) electrons. The van der Waals surface area contributed by atoms with Crippen LogP contribution in [0.1, 0.15) is 57.6 Å². The number of aliphatic hydroxyl groups excluding tert-OH is 1. The third-order valence-electron chi connectivity index (χ3n) is 4.92. The zero-order chi connectivity index (χ0) is 15.5. The summed E-state index contributed by atoms with van der Waals surface area (Å²) in [5.74, 6) is 0. The zero-order valence-electron chi connectivity index (χ0n) is 13.5. The van der Waals surface area contributed by atoms with Crippen molar-refractivity contribution < 1.29 is 5.11 Å². The molecule has 0 bridgehead atoms. The van der Waals surface area contributed by atoms with Crippen LogP contribution in [0.25, 0.3) is 0 Å². The number of hydrogen-bond donors (Lipinski definition) is 1. The van der Waals surface area contributed by atoms with Crippen molar-refractivity contribution in [2.75, 3.05) is 13.6 Å². The molecular formula is C18H28BrNO. The van der Waals surface area contributed by atoms with Gasteiger partial charge in [0.25, 0.3) is 0 Å². The monoisotopic (exact) mass is 353 g/mol. The van der Waals surface area contributed by atoms with Crippen LogP contribution in [0.4, 0.5) is 0 Å². The molecule has 0 amide bonds. The lowest BCUT2D eigenvalue weighted by molar-refractivity contribution is 0.101. The lowest BCUT2D eigenvalue weighted by Gasteiger charge is -2.38. The van der Waals surface area contributed by atoms with Crippen molar-refractivity contribution in [1.82, 2.24) is 4.90 Å². The highest BCUT2D eigenvalue weighted by Crippen LogP contribution is 2.36. The Bertz CT molecular complexity index is 450. The Kier molecular flexibility index (Phi) is 5.87. The second-order valence-electron chi connectivity index (χ2n) is 7.24. The summed E-state index contributed by atoms with van der Waals surface area (Å²) >= 11 is 3.46. The van der Waals surface area contributed by atoms with Crippen molar-refractivity contribution in [3.63, 3.8) is 0 Å². The highest BCUT2D eigenvalue weighted by atomic mass is 79.9. The lowest BCUT2D eigenvalue weighted by atomic mass is 9.75. The molecule has 3 heteroatoms. The van der Waals surface area contributed by atoms with Crippen LogP contribution in [-0.2, 0) is 0 Å². The highest BCUT2D eigenvalue weighted by Gasteiger charge is 2.28. The van der Waals surface area contributed by atoms with Crippen LogP contribution < -0.4 is 0 Å². The minimum atomic E-state index is -0.370. The van der Waals surface area contributed by atoms with E-state index >= 15 is 0 Å². The van der Waals surface area contributed by atoms with Gasteiger partial charge >= 0.3 is 0 Å². The highest BCUT2D eigenvalue weighted by molar-refractivity contribution is 9.10. The molecule has 1 aliphatic carbocycles. The van der Waals surface area contributed by atoms with Crippen LogP contribution in [-0.4, -0.2) is 29.6 Å². The maximum absolute atomic E-state index is 10.3. The van der Waals surface area contributed by atoms with Gasteiger partial charge in [0, 0.05) is 17.1 Å². The molecule has 1 saturated carbocycles. The molecule has 21 heavy (non-hydrogen) atoms. The van der Waals surface area contributed by atoms with E-state index in [-0.39, 0.29) is 6.10 Å². The van der Waals surface area contributed by atoms with Crippen molar-refractivity contribution in [1.29, 1.82) is 0 Å². The minimum Gasteiger partial charge on any atom is -0.388 e. The first-order valence-electron chi connectivity index (χ1n) is 8.01. The Hall–Kier alpha value is -0.380. The second-order valence-corrected chi connectivity index (χ2v) is 8.15. The Morgan fingerprint density at radius 3 is 2.62 bits per heavy atom. The fraction of sp³-hybridized carbons (Fsp3) is 0.667. The Balaban J connectivity index is 1.80. The Morgan fingerprint density at radius 1 is 1.33 bits per heavy atom. The van der Waals surface area contributed by atoms with E-state index in [1.807, 2.05) is 24.3 Å². The SMILES string of the molecule is CN(CCC(O)c1cccc(Br)c1)C1CCC(C)(C)CC1. The molecule has 2 rings (SSSR count). The van der Waals surface area contributed by atoms with Gasteiger partial charge in [-0.3, -0.25) is 0 Å². The fourth-order valence-electron chi connectivity index (χ4n) is 3.21. The summed E-state index contributed by atoms with van der Waals surface area (Å²) in [6, 6.07) is 8.67. The quantitative estimate of drug-likeness (QED) is 0.823. The normalized spacial score (nSPS) is 20.7. The van der Waals surface area contributed by atoms with E-state index < -0.39 is 0 Å². The van der Waals surface area contributed by atoms with Gasteiger partial charge in [-0.25, -0.2) is 0 Å². The smallest absolute Gasteiger partial charge is 0.0802 e. The van der Waals surface area contributed by atoms with Crippen molar-refractivity contribution in [3.8, 4) is 0 Å². The summed E-state index contributed by atoms with van der Waals surface area (Å²) in [6.07, 6.45) is 5.64. The van der Waals surface area contributed by atoms with E-state index in [1.165, 1.54) is 25.7 Å². The molecule has 0 spiro atoms. The predicted octanol–water partition coefficient (Wildman–Crippen LogP) is 4.77. The van der Waals surface area contributed by atoms with Crippen LogP contribution in [0, 0.1) is 5.41 Å². The van der Waals surface area contributed by atoms with E-state index in [4.69, 9.17) is 0 Å². The van der Waals surface area contributed by atoms with Gasteiger partial charge in [-0.15, -0.1) is 0 Å². The van der Waals surface area contributed by atoms with Gasteiger partial charge in [-0.05, 0) is 62.3 Å². The summed E-state index contributed by atoms with van der Waals surface area (Å²) < 4.78 is 1.03. The van der Waals surface area contributed by atoms with Gasteiger partial charge in [0.2, 0.25) is 0 Å². The molecule has 1 unspecified atom stereocenters. The third kappa shape index (κ3) is 5.08. The zero-order valence-corrected chi connectivity index (χ0v) is 15.1. The van der Waals surface area contributed by atoms with Gasteiger partial charge in [-0.1, -0.05) is 41.9 Å². The molecule has 1 N–H and O–H groups in total. The molecule has 118 valence electrons. The van der Waals surface area contributed by atoms with E-state index in [1.54, 1.807) is 0 Å². The number of nitrogens with zero attached hydrogens (tertiary/aromatic N) is 1. The molecule has 0 saturated heterocycles. The van der Waals surface area contributed by atoms with Crippen LogP contribution in [0.2, 0.25) is 0 Å². The molecule has 1 aromatic carbocycles. The maximum Gasteiger partial charge on any atom is 0.0802 e. The maximum atomic E-state index is 10.3. The van der Waals surface area contributed by atoms with E-state index in [0.29, 0.717) is 11.5 Å². The van der Waals surface area contributed by atoms with Crippen molar-refractivity contribution in [2.45, 2.75) is 58.1 Å². The van der Waals surface area contributed by atoms with Crippen molar-refractivity contribution in [3.05, 3.63) is 34.3 Å². The Labute approximate surface area is 137 Å². The predicted molar refractivity (Wildman–Crippen MR) is 92.4 cm³/mol. The molecule has 0 aromatic heterocycles. The molecular weight excluding hydrogens is 326 g/mol. The van der Waals surface area contributed by atoms with Gasteiger partial charge in [0.05, 0.1) is 6.10 Å². The second kappa shape index (κ2) is 7.26. The minimum absolute atomic E-state index is 0.370. The molecule has 2 nitrogen and oxygen atoms in total. The van der Waals surface area contributed by atoms with Crippen LogP contribution >= 0.6 is 15.9 Å². The summed E-state index contributed by atoms with van der Waals surface area (Å²) in [5, 5.41) is 10.3. The summed E-state index contributed by atoms with van der Waals surface area (Å²) in [5.41, 5.74) is 1.52. The molecule has 1 aromatic rings. The standard InChI is InChI=1S/C18H28BrNO/c1-18(2)10-7-16(8-11-18)20(3)12-9-17(21)14-5-4-6-15(19)13-14/h4-6,13,16-17,21H,7-12H2,1-3H3. The largest absolute Gasteiger partial charge is 0.388 e. The number of aliphatic hydroxyl groups is 1. The van der Waals surface area contributed by atoms with Crippen LogP contribution in [0.3, 0.4) is 0 Å². The van der Waals surface area contributed by atoms with Crippen LogP contribution in [0.5, 0.6) is 0 Å². The van der Waals surface area contributed by atoms with Gasteiger partial charge in [-0.2, -0.15) is 0 Å². The summed E-state index contributed by atoms with van der Waals surface area (Å²) in [7, 11) is 2.20. The summed E-state index contributed by atoms with van der Waals surface area (Å²) in [4.78, 5) is 2.44.